The summed E-state index contributed by atoms with van der Waals surface area (Å²) < 4.78 is 4.99. The lowest BCUT2D eigenvalue weighted by molar-refractivity contribution is -0.121. The molecular weight excluding hydrogens is 250 g/mol. The van der Waals surface area contributed by atoms with Gasteiger partial charge in [0, 0.05) is 6.54 Å². The lowest BCUT2D eigenvalue weighted by atomic mass is 10.1. The van der Waals surface area contributed by atoms with Crippen molar-refractivity contribution in [3.63, 3.8) is 0 Å². The number of ether oxygens (including phenoxy) is 1. The fourth-order valence-corrected chi connectivity index (χ4v) is 0.975. The van der Waals surface area contributed by atoms with Gasteiger partial charge in [0.2, 0.25) is 5.91 Å². The second-order valence-corrected chi connectivity index (χ2v) is 4.26. The van der Waals surface area contributed by atoms with E-state index >= 15 is 0 Å². The Bertz CT molecular complexity index is 164. The van der Waals surface area contributed by atoms with Crippen LogP contribution in [0, 0.1) is 5.92 Å². The maximum absolute atomic E-state index is 11.4. The van der Waals surface area contributed by atoms with Crippen LogP contribution in [0.1, 0.15) is 13.8 Å². The minimum absolute atomic E-state index is 0.0149. The van der Waals surface area contributed by atoms with Crippen LogP contribution in [0.3, 0.4) is 0 Å². The van der Waals surface area contributed by atoms with Crippen LogP contribution in [0.5, 0.6) is 0 Å². The lowest BCUT2D eigenvalue weighted by Crippen LogP contribution is -2.36. The average Bonchev–Trinajstić information content (AvgIpc) is 2.16. The van der Waals surface area contributed by atoms with E-state index in [9.17, 15) is 4.79 Å². The summed E-state index contributed by atoms with van der Waals surface area (Å²) in [6.07, 6.45) is 0. The number of aliphatic hydroxyl groups is 1. The highest BCUT2D eigenvalue weighted by Gasteiger charge is 2.17. The molecule has 2 N–H and O–H groups in total. The molecule has 1 unspecified atom stereocenters. The van der Waals surface area contributed by atoms with Crippen molar-refractivity contribution >= 4 is 21.8 Å². The molecule has 0 fully saturated rings. The van der Waals surface area contributed by atoms with Crippen molar-refractivity contribution in [3.05, 3.63) is 0 Å². The standard InChI is InChI=1S/C9H18BrNO3/c1-7(2)8(10)9(13)11-3-5-14-6-4-12/h7-8,12H,3-6H2,1-2H3,(H,11,13). The number of amides is 1. The largest absolute Gasteiger partial charge is 0.394 e. The molecule has 0 rings (SSSR count). The minimum atomic E-state index is -0.152. The van der Waals surface area contributed by atoms with Crippen molar-refractivity contribution in [2.24, 2.45) is 5.92 Å². The van der Waals surface area contributed by atoms with E-state index in [0.29, 0.717) is 19.8 Å². The van der Waals surface area contributed by atoms with Crippen LogP contribution < -0.4 is 5.32 Å². The Balaban J connectivity index is 3.44. The van der Waals surface area contributed by atoms with Crippen molar-refractivity contribution in [2.75, 3.05) is 26.4 Å². The zero-order chi connectivity index (χ0) is 11.0. The van der Waals surface area contributed by atoms with Gasteiger partial charge in [-0.2, -0.15) is 0 Å². The Morgan fingerprint density at radius 1 is 1.50 bits per heavy atom. The molecule has 0 aliphatic heterocycles. The Hall–Kier alpha value is -0.130. The van der Waals surface area contributed by atoms with Crippen LogP contribution in [-0.2, 0) is 9.53 Å². The molecule has 0 heterocycles. The van der Waals surface area contributed by atoms with Gasteiger partial charge in [0.1, 0.15) is 0 Å². The van der Waals surface area contributed by atoms with Crippen LogP contribution in [-0.4, -0.2) is 42.2 Å². The number of aliphatic hydroxyl groups excluding tert-OH is 1. The molecule has 84 valence electrons. The first-order chi connectivity index (χ1) is 6.59. The van der Waals surface area contributed by atoms with Crippen molar-refractivity contribution in [3.8, 4) is 0 Å². The zero-order valence-electron chi connectivity index (χ0n) is 8.62. The molecule has 0 saturated carbocycles. The summed E-state index contributed by atoms with van der Waals surface area (Å²) in [4.78, 5) is 11.2. The van der Waals surface area contributed by atoms with Crippen molar-refractivity contribution in [2.45, 2.75) is 18.7 Å². The molecule has 0 bridgehead atoms. The van der Waals surface area contributed by atoms with Gasteiger partial charge in [0.05, 0.1) is 24.6 Å². The summed E-state index contributed by atoms with van der Waals surface area (Å²) in [5.74, 6) is 0.251. The third kappa shape index (κ3) is 6.34. The second-order valence-electron chi connectivity index (χ2n) is 3.27. The Morgan fingerprint density at radius 3 is 2.64 bits per heavy atom. The third-order valence-electron chi connectivity index (χ3n) is 1.62. The Kier molecular flexibility index (Phi) is 8.12. The smallest absolute Gasteiger partial charge is 0.234 e. The summed E-state index contributed by atoms with van der Waals surface area (Å²) in [5, 5.41) is 11.1. The van der Waals surface area contributed by atoms with E-state index in [2.05, 4.69) is 21.2 Å². The SMILES string of the molecule is CC(C)C(Br)C(=O)NCCOCCO. The van der Waals surface area contributed by atoms with E-state index in [0.717, 1.165) is 0 Å². The number of alkyl halides is 1. The van der Waals surface area contributed by atoms with Crippen molar-refractivity contribution in [1.82, 2.24) is 5.32 Å². The summed E-state index contributed by atoms with van der Waals surface area (Å²) in [7, 11) is 0. The molecular formula is C9H18BrNO3. The molecule has 0 aliphatic carbocycles. The Labute approximate surface area is 93.1 Å². The van der Waals surface area contributed by atoms with E-state index < -0.39 is 0 Å². The third-order valence-corrected chi connectivity index (χ3v) is 3.09. The molecule has 1 amide bonds. The molecule has 14 heavy (non-hydrogen) atoms. The highest BCUT2D eigenvalue weighted by Crippen LogP contribution is 2.11. The predicted octanol–water partition coefficient (Wildman–Crippen LogP) is 0.531. The van der Waals surface area contributed by atoms with E-state index in [4.69, 9.17) is 9.84 Å². The first kappa shape index (κ1) is 13.9. The average molecular weight is 268 g/mol. The maximum atomic E-state index is 11.4. The quantitative estimate of drug-likeness (QED) is 0.523. The zero-order valence-corrected chi connectivity index (χ0v) is 10.2. The van der Waals surface area contributed by atoms with Gasteiger partial charge in [0.15, 0.2) is 0 Å². The molecule has 0 aromatic heterocycles. The first-order valence-corrected chi connectivity index (χ1v) is 5.61. The number of halogens is 1. The molecule has 4 nitrogen and oxygen atoms in total. The van der Waals surface area contributed by atoms with Gasteiger partial charge in [-0.15, -0.1) is 0 Å². The van der Waals surface area contributed by atoms with Crippen LogP contribution in [0.15, 0.2) is 0 Å². The van der Waals surface area contributed by atoms with E-state index in [1.54, 1.807) is 0 Å². The van der Waals surface area contributed by atoms with Crippen LogP contribution >= 0.6 is 15.9 Å². The van der Waals surface area contributed by atoms with Gasteiger partial charge in [-0.3, -0.25) is 4.79 Å². The summed E-state index contributed by atoms with van der Waals surface area (Å²) >= 11 is 3.30. The highest BCUT2D eigenvalue weighted by molar-refractivity contribution is 9.10. The first-order valence-electron chi connectivity index (χ1n) is 4.70. The number of hydrogen-bond donors (Lipinski definition) is 2. The molecule has 0 aliphatic rings. The number of nitrogens with one attached hydrogen (secondary N) is 1. The number of carbonyl (C=O) groups is 1. The van der Waals surface area contributed by atoms with Crippen molar-refractivity contribution in [1.29, 1.82) is 0 Å². The predicted molar refractivity (Wildman–Crippen MR) is 58.5 cm³/mol. The molecule has 5 heteroatoms. The van der Waals surface area contributed by atoms with E-state index in [1.165, 1.54) is 0 Å². The van der Waals surface area contributed by atoms with Crippen molar-refractivity contribution < 1.29 is 14.6 Å². The monoisotopic (exact) mass is 267 g/mol. The van der Waals surface area contributed by atoms with Gasteiger partial charge in [-0.05, 0) is 5.92 Å². The molecule has 0 radical (unpaired) electrons. The van der Waals surface area contributed by atoms with Gasteiger partial charge in [-0.25, -0.2) is 0 Å². The fourth-order valence-electron chi connectivity index (χ4n) is 0.813. The van der Waals surface area contributed by atoms with E-state index in [-0.39, 0.29) is 23.3 Å². The van der Waals surface area contributed by atoms with Gasteiger partial charge >= 0.3 is 0 Å². The molecule has 1 atom stereocenters. The number of carbonyl (C=O) groups excluding carboxylic acids is 1. The van der Waals surface area contributed by atoms with Crippen LogP contribution in [0.25, 0.3) is 0 Å². The number of hydrogen-bond acceptors (Lipinski definition) is 3. The molecule has 0 aromatic carbocycles. The fraction of sp³-hybridized carbons (Fsp3) is 0.889. The van der Waals surface area contributed by atoms with Gasteiger partial charge < -0.3 is 15.2 Å². The van der Waals surface area contributed by atoms with Gasteiger partial charge in [0.25, 0.3) is 0 Å². The lowest BCUT2D eigenvalue weighted by Gasteiger charge is -2.13. The van der Waals surface area contributed by atoms with E-state index in [1.807, 2.05) is 13.8 Å². The number of rotatable bonds is 7. The summed E-state index contributed by atoms with van der Waals surface area (Å²) in [5.41, 5.74) is 0. The molecule has 0 saturated heterocycles. The molecule has 0 aromatic rings. The Morgan fingerprint density at radius 2 is 2.14 bits per heavy atom. The molecule has 0 spiro atoms. The van der Waals surface area contributed by atoms with Crippen LogP contribution in [0.4, 0.5) is 0 Å². The van der Waals surface area contributed by atoms with Crippen LogP contribution in [0.2, 0.25) is 0 Å². The topological polar surface area (TPSA) is 58.6 Å². The second kappa shape index (κ2) is 8.20. The van der Waals surface area contributed by atoms with Gasteiger partial charge in [-0.1, -0.05) is 29.8 Å². The maximum Gasteiger partial charge on any atom is 0.234 e. The highest BCUT2D eigenvalue weighted by atomic mass is 79.9. The normalized spacial score (nSPS) is 12.9. The summed E-state index contributed by atoms with van der Waals surface area (Å²) in [6, 6.07) is 0. The minimum Gasteiger partial charge on any atom is -0.394 e. The summed E-state index contributed by atoms with van der Waals surface area (Å²) in [6.45, 7) is 5.19.